The van der Waals surface area contributed by atoms with E-state index in [9.17, 15) is 19.7 Å². The lowest BCUT2D eigenvalue weighted by Gasteiger charge is -2.37. The lowest BCUT2D eigenvalue weighted by molar-refractivity contribution is -0.385. The monoisotopic (exact) mass is 469 g/mol. The fourth-order valence-corrected chi connectivity index (χ4v) is 3.98. The van der Waals surface area contributed by atoms with E-state index in [0.717, 1.165) is 11.4 Å². The maximum absolute atomic E-state index is 12.7. The first-order valence-corrected chi connectivity index (χ1v) is 11.1. The van der Waals surface area contributed by atoms with Crippen molar-refractivity contribution in [1.82, 2.24) is 10.2 Å². The molecule has 2 aromatic rings. The Morgan fingerprint density at radius 1 is 1.06 bits per heavy atom. The van der Waals surface area contributed by atoms with Crippen molar-refractivity contribution in [3.05, 3.63) is 63.7 Å². The van der Waals surface area contributed by atoms with Gasteiger partial charge in [-0.3, -0.25) is 25.0 Å². The number of benzene rings is 2. The molecule has 0 atom stereocenters. The van der Waals surface area contributed by atoms with E-state index in [1.165, 1.54) is 25.1 Å². The van der Waals surface area contributed by atoms with Crippen LogP contribution in [0.15, 0.2) is 42.5 Å². The van der Waals surface area contributed by atoms with Crippen molar-refractivity contribution in [3.8, 4) is 0 Å². The Morgan fingerprint density at radius 3 is 2.36 bits per heavy atom. The first-order chi connectivity index (χ1) is 15.7. The van der Waals surface area contributed by atoms with E-state index >= 15 is 0 Å². The summed E-state index contributed by atoms with van der Waals surface area (Å²) in [5, 5.41) is 16.9. The van der Waals surface area contributed by atoms with Crippen molar-refractivity contribution in [3.63, 3.8) is 0 Å². The minimum atomic E-state index is -0.521. The fourth-order valence-electron chi connectivity index (χ4n) is 3.78. The van der Waals surface area contributed by atoms with Gasteiger partial charge in [0.1, 0.15) is 0 Å². The van der Waals surface area contributed by atoms with Crippen LogP contribution in [-0.4, -0.2) is 52.9 Å². The van der Waals surface area contributed by atoms with Gasteiger partial charge in [0.25, 0.3) is 11.6 Å². The fraction of sp³-hybridized carbons (Fsp3) is 0.348. The summed E-state index contributed by atoms with van der Waals surface area (Å²) in [5.74, 6) is -0.394. The van der Waals surface area contributed by atoms with Gasteiger partial charge in [-0.05, 0) is 37.3 Å². The second kappa shape index (κ2) is 10.4. The van der Waals surface area contributed by atoms with Crippen LogP contribution >= 0.6 is 12.2 Å². The van der Waals surface area contributed by atoms with Gasteiger partial charge in [-0.25, -0.2) is 0 Å². The Bertz CT molecular complexity index is 1080. The van der Waals surface area contributed by atoms with Gasteiger partial charge in [0.05, 0.1) is 16.3 Å². The minimum absolute atomic E-state index is 0.0267. The van der Waals surface area contributed by atoms with Crippen LogP contribution in [0.4, 0.5) is 17.1 Å². The van der Waals surface area contributed by atoms with Crippen molar-refractivity contribution in [2.75, 3.05) is 36.4 Å². The number of thiocarbonyl (C=S) groups is 1. The maximum Gasteiger partial charge on any atom is 0.273 e. The van der Waals surface area contributed by atoms with E-state index in [1.807, 2.05) is 43.0 Å². The normalized spacial score (nSPS) is 13.6. The van der Waals surface area contributed by atoms with E-state index < -0.39 is 10.8 Å². The number of nitrogens with zero attached hydrogens (tertiary/aromatic N) is 3. The third-order valence-electron chi connectivity index (χ3n) is 5.55. The largest absolute Gasteiger partial charge is 0.366 e. The van der Waals surface area contributed by atoms with Crippen LogP contribution in [-0.2, 0) is 4.79 Å². The van der Waals surface area contributed by atoms with Crippen molar-refractivity contribution in [2.45, 2.75) is 20.8 Å². The first-order valence-electron chi connectivity index (χ1n) is 10.7. The molecular weight excluding hydrogens is 442 g/mol. The number of piperazine rings is 1. The Labute approximate surface area is 197 Å². The number of nitro benzene ring substituents is 1. The van der Waals surface area contributed by atoms with Crippen LogP contribution in [0.1, 0.15) is 29.8 Å². The highest BCUT2D eigenvalue weighted by Gasteiger charge is 2.24. The summed E-state index contributed by atoms with van der Waals surface area (Å²) in [4.78, 5) is 39.6. The Morgan fingerprint density at radius 2 is 1.73 bits per heavy atom. The molecule has 2 amide bonds. The summed E-state index contributed by atoms with van der Waals surface area (Å²) in [6.07, 6.45) is 0. The molecule has 174 valence electrons. The highest BCUT2D eigenvalue weighted by Crippen LogP contribution is 2.27. The summed E-state index contributed by atoms with van der Waals surface area (Å²) >= 11 is 5.33. The van der Waals surface area contributed by atoms with Crippen molar-refractivity contribution in [2.24, 2.45) is 5.92 Å². The molecule has 0 radical (unpaired) electrons. The van der Waals surface area contributed by atoms with Gasteiger partial charge in [0.2, 0.25) is 5.91 Å². The zero-order chi connectivity index (χ0) is 24.1. The molecule has 3 rings (SSSR count). The highest BCUT2D eigenvalue weighted by molar-refractivity contribution is 7.80. The van der Waals surface area contributed by atoms with Crippen molar-refractivity contribution in [1.29, 1.82) is 0 Å². The van der Waals surface area contributed by atoms with Gasteiger partial charge >= 0.3 is 0 Å². The van der Waals surface area contributed by atoms with Crippen molar-refractivity contribution < 1.29 is 14.5 Å². The topological polar surface area (TPSA) is 108 Å². The molecule has 0 unspecified atom stereocenters. The molecule has 0 spiro atoms. The van der Waals surface area contributed by atoms with E-state index in [4.69, 9.17) is 12.2 Å². The summed E-state index contributed by atoms with van der Waals surface area (Å²) in [5.41, 5.74) is 1.98. The number of rotatable bonds is 5. The number of carbonyl (C=O) groups excluding carboxylic acids is 2. The van der Waals surface area contributed by atoms with E-state index in [-0.39, 0.29) is 33.8 Å². The van der Waals surface area contributed by atoms with Crippen LogP contribution in [0.3, 0.4) is 0 Å². The average Bonchev–Trinajstić information content (AvgIpc) is 2.78. The predicted octanol–water partition coefficient (Wildman–Crippen LogP) is 3.33. The number of para-hydroxylation sites is 2. The number of anilines is 2. The number of hydrogen-bond acceptors (Lipinski definition) is 6. The van der Waals surface area contributed by atoms with Crippen LogP contribution < -0.4 is 15.5 Å². The van der Waals surface area contributed by atoms with Gasteiger partial charge in [-0.15, -0.1) is 0 Å². The molecule has 2 aromatic carbocycles. The number of nitrogens with one attached hydrogen (secondary N) is 2. The lowest BCUT2D eigenvalue weighted by atomic mass is 10.1. The zero-order valence-corrected chi connectivity index (χ0v) is 19.6. The molecule has 9 nitrogen and oxygen atoms in total. The van der Waals surface area contributed by atoms with Gasteiger partial charge in [0.15, 0.2) is 5.11 Å². The van der Waals surface area contributed by atoms with Crippen molar-refractivity contribution >= 4 is 46.2 Å². The van der Waals surface area contributed by atoms with Gasteiger partial charge in [0, 0.05) is 49.3 Å². The summed E-state index contributed by atoms with van der Waals surface area (Å²) in [6.45, 7) is 7.97. The quantitative estimate of drug-likeness (QED) is 0.393. The molecule has 0 bridgehead atoms. The predicted molar refractivity (Wildman–Crippen MR) is 132 cm³/mol. The SMILES string of the molecule is Cc1c(C(=O)NC(=S)Nc2ccccc2N2CCN(C(=O)C(C)C)CC2)cccc1[N+](=O)[O-]. The molecule has 0 aromatic heterocycles. The van der Waals surface area contributed by atoms with Crippen LogP contribution in [0.2, 0.25) is 0 Å². The van der Waals surface area contributed by atoms with Gasteiger partial charge in [-0.1, -0.05) is 32.0 Å². The number of carbonyl (C=O) groups is 2. The van der Waals surface area contributed by atoms with Crippen LogP contribution in [0.25, 0.3) is 0 Å². The first kappa shape index (κ1) is 24.1. The second-order valence-corrected chi connectivity index (χ2v) is 8.51. The Hall–Kier alpha value is -3.53. The third kappa shape index (κ3) is 5.64. The number of nitro groups is 1. The summed E-state index contributed by atoms with van der Waals surface area (Å²) in [7, 11) is 0. The second-order valence-electron chi connectivity index (χ2n) is 8.10. The van der Waals surface area contributed by atoms with Gasteiger partial charge < -0.3 is 15.1 Å². The Kier molecular flexibility index (Phi) is 7.59. The summed E-state index contributed by atoms with van der Waals surface area (Å²) < 4.78 is 0. The molecule has 1 fully saturated rings. The number of amides is 2. The molecular formula is C23H27N5O4S. The average molecular weight is 470 g/mol. The highest BCUT2D eigenvalue weighted by atomic mass is 32.1. The molecule has 1 saturated heterocycles. The standard InChI is InChI=1S/C23H27N5O4S/c1-15(2)22(30)27-13-11-26(12-14-27)20-9-5-4-8-18(20)24-23(33)25-21(29)17-7-6-10-19(16(17)3)28(31)32/h4-10,15H,11-14H2,1-3H3,(H2,24,25,29,33). The number of hydrogen-bond donors (Lipinski definition) is 2. The molecule has 2 N–H and O–H groups in total. The lowest BCUT2D eigenvalue weighted by Crippen LogP contribution is -2.50. The molecule has 1 aliphatic heterocycles. The smallest absolute Gasteiger partial charge is 0.273 e. The molecule has 10 heteroatoms. The molecule has 33 heavy (non-hydrogen) atoms. The molecule has 1 heterocycles. The van der Waals surface area contributed by atoms with Crippen LogP contribution in [0.5, 0.6) is 0 Å². The summed E-state index contributed by atoms with van der Waals surface area (Å²) in [6, 6.07) is 11.9. The van der Waals surface area contributed by atoms with Gasteiger partial charge in [-0.2, -0.15) is 0 Å². The van der Waals surface area contributed by atoms with Crippen LogP contribution in [0, 0.1) is 23.0 Å². The minimum Gasteiger partial charge on any atom is -0.366 e. The van der Waals surface area contributed by atoms with E-state index in [0.29, 0.717) is 26.2 Å². The molecule has 0 saturated carbocycles. The van der Waals surface area contributed by atoms with E-state index in [1.54, 1.807) is 0 Å². The maximum atomic E-state index is 12.7. The zero-order valence-electron chi connectivity index (χ0n) is 18.8. The Balaban J connectivity index is 1.67. The molecule has 0 aliphatic carbocycles. The van der Waals surface area contributed by atoms with E-state index in [2.05, 4.69) is 15.5 Å². The third-order valence-corrected chi connectivity index (χ3v) is 5.76. The molecule has 1 aliphatic rings.